The van der Waals surface area contributed by atoms with Gasteiger partial charge in [-0.15, -0.1) is 0 Å². The largest absolute Gasteiger partial charge is 0.469 e. The predicted molar refractivity (Wildman–Crippen MR) is 307 cm³/mol. The number of hydrogen-bond donors (Lipinski definition) is 2. The first kappa shape index (κ1) is 53.9. The summed E-state index contributed by atoms with van der Waals surface area (Å²) in [5.74, 6) is 2.38. The van der Waals surface area contributed by atoms with Gasteiger partial charge >= 0.3 is 11.9 Å². The van der Waals surface area contributed by atoms with Crippen molar-refractivity contribution in [1.82, 2.24) is 29.2 Å². The number of nitrogens with zero attached hydrogens (tertiary/aromatic N) is 4. The van der Waals surface area contributed by atoms with E-state index in [4.69, 9.17) is 44.3 Å². The normalized spacial score (nSPS) is 32.9. The Morgan fingerprint density at radius 3 is 1.80 bits per heavy atom. The Morgan fingerprint density at radius 2 is 1.22 bits per heavy atom. The van der Waals surface area contributed by atoms with Crippen LogP contribution >= 0.6 is 34.8 Å². The lowest BCUT2D eigenvalue weighted by Gasteiger charge is -2.54. The summed E-state index contributed by atoms with van der Waals surface area (Å²) in [6.45, 7) is 11.4. The first-order chi connectivity index (χ1) is 36.3. The molecule has 3 aliphatic carbocycles. The standard InChI is InChI=1S/C61H76N6O4.CHCl3.H2O/c1-8-34-23-33-24-47-58(34)66(30-33)22-21-41-40-20-19-37(44-26-42-35(9-2)31-64(4)51(54(42)60(68)70-6)28-45-38-15-11-13-17-48(38)62-56(44)45)25-50(40)67(59(41)47)53-27-43-36(10-3)32-65(5)52(55(43)61(69)71-7)29-46-39-16-12-14-18-49(39)63-57(46)53;2-1(3)4;/h11-20,25,33-36,42-44,47,51-55,58,62-63H,8-10,21-24,26-32H2,1-7H3;1H;1H2/t33-,34+,35-,36-,42+,43+,44-,47-,51+,52+,53+,54+,55+,58+;;/m1../s1. The quantitative estimate of drug-likeness (QED) is 0.120. The van der Waals surface area contributed by atoms with E-state index in [0.29, 0.717) is 35.6 Å². The number of H-pyrrole nitrogens is 2. The van der Waals surface area contributed by atoms with Crippen LogP contribution in [-0.4, -0.2) is 124 Å². The molecule has 0 amide bonds. The summed E-state index contributed by atoms with van der Waals surface area (Å²) in [6.07, 6.45) is 10.2. The molecule has 408 valence electrons. The molecule has 8 bridgehead atoms. The Balaban J connectivity index is 0.00000119. The molecule has 5 fully saturated rings. The summed E-state index contributed by atoms with van der Waals surface area (Å²) in [4.78, 5) is 44.9. The Bertz CT molecular complexity index is 3110. The molecule has 6 aromatic rings. The topological polar surface area (TPSA) is 130 Å². The number of likely N-dealkylation sites (N-methyl/N-ethyl adjacent to an activating group) is 2. The number of halogens is 3. The van der Waals surface area contributed by atoms with Crippen LogP contribution in [0.4, 0.5) is 0 Å². The molecule has 3 aromatic heterocycles. The van der Waals surface area contributed by atoms with Crippen molar-refractivity contribution in [3.63, 3.8) is 0 Å². The number of aromatic nitrogens is 3. The molecule has 14 heteroatoms. The van der Waals surface area contributed by atoms with Gasteiger partial charge in [0.2, 0.25) is 0 Å². The van der Waals surface area contributed by atoms with Crippen LogP contribution in [0.3, 0.4) is 0 Å². The number of para-hydroxylation sites is 2. The van der Waals surface area contributed by atoms with Gasteiger partial charge in [-0.3, -0.25) is 14.5 Å². The SMILES string of the molecule is CC[C@@H]1CN(C)[C@H]2Cc3c([nH]c4ccccc34)[C@@H](c3ccc4c5c(n([C@H]6C[C@H]7[C@H](CC)CN(C)[C@@H](Cc8c6[nH]c6ccccc86)[C@H]7C(=O)OC)c4c3)[C@@H]3C[C@H]4C[C@H](CC)[C@@H]3N(CC5)C4)C[C@@H]1[C@@H]2C(=O)OC.ClC(Cl)Cl.O. The number of esters is 2. The molecule has 4 N–H and O–H groups in total. The third-order valence-corrected chi connectivity index (χ3v) is 20.8. The van der Waals surface area contributed by atoms with Crippen LogP contribution in [0.1, 0.15) is 123 Å². The molecule has 3 aromatic carbocycles. The number of alkyl halides is 3. The minimum Gasteiger partial charge on any atom is -0.469 e. The van der Waals surface area contributed by atoms with Crippen molar-refractivity contribution < 1.29 is 24.5 Å². The lowest BCUT2D eigenvalue weighted by Crippen LogP contribution is -2.57. The van der Waals surface area contributed by atoms with Gasteiger partial charge in [0.1, 0.15) is 0 Å². The van der Waals surface area contributed by atoms with Crippen molar-refractivity contribution in [2.24, 2.45) is 47.3 Å². The van der Waals surface area contributed by atoms with Gasteiger partial charge in [-0.05, 0) is 135 Å². The number of aromatic amines is 2. The van der Waals surface area contributed by atoms with E-state index in [1.54, 1.807) is 25.5 Å². The van der Waals surface area contributed by atoms with Crippen molar-refractivity contribution in [3.8, 4) is 0 Å². The van der Waals surface area contributed by atoms with E-state index in [2.05, 4.69) is 131 Å². The molecule has 1 unspecified atom stereocenters. The van der Waals surface area contributed by atoms with Gasteiger partial charge < -0.3 is 39.3 Å². The van der Waals surface area contributed by atoms with E-state index in [-0.39, 0.29) is 65.1 Å². The maximum Gasteiger partial charge on any atom is 0.310 e. The lowest BCUT2D eigenvalue weighted by molar-refractivity contribution is -0.156. The summed E-state index contributed by atoms with van der Waals surface area (Å²) in [6, 6.07) is 26.1. The number of nitrogens with one attached hydrogen (secondary N) is 2. The lowest BCUT2D eigenvalue weighted by atomic mass is 9.64. The van der Waals surface area contributed by atoms with Gasteiger partial charge in [-0.2, -0.15) is 0 Å². The zero-order chi connectivity index (χ0) is 52.1. The highest BCUT2D eigenvalue weighted by molar-refractivity contribution is 6.63. The number of carbonyl (C=O) groups excluding carboxylic acids is 2. The number of ether oxygens (including phenoxy) is 2. The van der Waals surface area contributed by atoms with Crippen molar-refractivity contribution in [2.75, 3.05) is 54.5 Å². The van der Waals surface area contributed by atoms with E-state index in [1.165, 1.54) is 86.6 Å². The molecule has 11 nitrogen and oxygen atoms in total. The Labute approximate surface area is 463 Å². The van der Waals surface area contributed by atoms with E-state index >= 15 is 0 Å². The summed E-state index contributed by atoms with van der Waals surface area (Å²) in [5, 5.41) is 3.95. The molecular formula is C62H79Cl3N6O5. The minimum absolute atomic E-state index is 0. The second kappa shape index (κ2) is 21.5. The summed E-state index contributed by atoms with van der Waals surface area (Å²) >= 11 is 14.4. The molecule has 14 rings (SSSR count). The van der Waals surface area contributed by atoms with Gasteiger partial charge in [-0.25, -0.2) is 0 Å². The van der Waals surface area contributed by atoms with Crippen LogP contribution in [0.15, 0.2) is 66.7 Å². The van der Waals surface area contributed by atoms with E-state index < -0.39 is 4.30 Å². The van der Waals surface area contributed by atoms with Crippen molar-refractivity contribution in [2.45, 2.75) is 125 Å². The number of hydrogen-bond acceptors (Lipinski definition) is 7. The monoisotopic (exact) mass is 1090 g/mol. The second-order valence-corrected chi connectivity index (χ2v) is 25.9. The number of fused-ring (bicyclic) bond motifs is 14. The second-order valence-electron chi connectivity index (χ2n) is 24.0. The highest BCUT2D eigenvalue weighted by atomic mass is 35.6. The molecule has 76 heavy (non-hydrogen) atoms. The van der Waals surface area contributed by atoms with Crippen LogP contribution in [0.5, 0.6) is 0 Å². The van der Waals surface area contributed by atoms with Gasteiger partial charge in [-0.1, -0.05) is 123 Å². The van der Waals surface area contributed by atoms with Crippen LogP contribution in [0.2, 0.25) is 0 Å². The number of piperidine rings is 4. The van der Waals surface area contributed by atoms with Gasteiger partial charge in [0, 0.05) is 106 Å². The fourth-order valence-electron chi connectivity index (χ4n) is 17.7. The number of rotatable bonds is 7. The Morgan fingerprint density at radius 1 is 0.671 bits per heavy atom. The molecule has 1 saturated carbocycles. The molecule has 15 atom stereocenters. The van der Waals surface area contributed by atoms with E-state index in [0.717, 1.165) is 64.6 Å². The average Bonchev–Trinajstić information content (AvgIpc) is 4.04. The third kappa shape index (κ3) is 8.83. The van der Waals surface area contributed by atoms with Crippen LogP contribution < -0.4 is 0 Å². The number of benzene rings is 3. The number of methoxy groups -OCH3 is 2. The zero-order valence-electron chi connectivity index (χ0n) is 45.5. The molecular weight excluding hydrogens is 1020 g/mol. The molecule has 8 heterocycles. The Hall–Kier alpha value is -4.07. The highest BCUT2D eigenvalue weighted by Gasteiger charge is 2.54. The first-order valence-electron chi connectivity index (χ1n) is 28.4. The van der Waals surface area contributed by atoms with Crippen LogP contribution in [0.25, 0.3) is 32.7 Å². The molecule has 0 radical (unpaired) electrons. The fourth-order valence-corrected chi connectivity index (χ4v) is 17.7. The van der Waals surface area contributed by atoms with Gasteiger partial charge in [0.25, 0.3) is 0 Å². The van der Waals surface area contributed by atoms with Crippen molar-refractivity contribution in [3.05, 3.63) is 106 Å². The molecule has 8 aliphatic rings. The summed E-state index contributed by atoms with van der Waals surface area (Å²) < 4.78 is 13.8. The predicted octanol–water partition coefficient (Wildman–Crippen LogP) is 11.6. The highest BCUT2D eigenvalue weighted by Crippen LogP contribution is 2.56. The van der Waals surface area contributed by atoms with Crippen molar-refractivity contribution >= 4 is 79.5 Å². The maximum atomic E-state index is 14.5. The minimum atomic E-state index is -0.750. The first-order valence-corrected chi connectivity index (χ1v) is 29.7. The molecule has 4 saturated heterocycles. The summed E-state index contributed by atoms with van der Waals surface area (Å²) in [7, 11) is 7.68. The average molecular weight is 1090 g/mol. The Kier molecular flexibility index (Phi) is 15.3. The fraction of sp³-hybridized carbons (Fsp3) is 0.581. The zero-order valence-corrected chi connectivity index (χ0v) is 47.7. The molecule has 5 aliphatic heterocycles. The smallest absolute Gasteiger partial charge is 0.310 e. The van der Waals surface area contributed by atoms with Crippen molar-refractivity contribution in [1.29, 1.82) is 0 Å². The third-order valence-electron chi connectivity index (χ3n) is 20.8. The van der Waals surface area contributed by atoms with Crippen LogP contribution in [0, 0.1) is 47.3 Å². The summed E-state index contributed by atoms with van der Waals surface area (Å²) in [5.41, 5.74) is 13.5. The maximum absolute atomic E-state index is 14.5. The van der Waals surface area contributed by atoms with E-state index in [9.17, 15) is 9.59 Å². The van der Waals surface area contributed by atoms with Gasteiger partial charge in [0.15, 0.2) is 4.30 Å². The molecule has 0 spiro atoms. The number of likely N-dealkylation sites (tertiary alicyclic amines) is 2. The van der Waals surface area contributed by atoms with Crippen LogP contribution in [-0.2, 0) is 38.3 Å². The number of carbonyl (C=O) groups is 2. The van der Waals surface area contributed by atoms with E-state index in [1.807, 2.05) is 0 Å². The van der Waals surface area contributed by atoms with Gasteiger partial charge in [0.05, 0.1) is 32.1 Å².